The molecular weight excluding hydrogens is 262 g/mol. The van der Waals surface area contributed by atoms with Crippen LogP contribution >= 0.6 is 0 Å². The Morgan fingerprint density at radius 1 is 1.14 bits per heavy atom. The molecule has 4 nitrogen and oxygen atoms in total. The Morgan fingerprint density at radius 3 is 2.43 bits per heavy atom. The standard InChI is InChI=1S/C17H23N3O/c1-11(2)14-19-15(20-21-14)17(18)10-9-16(3,4)12-7-5-6-8-13(12)17/h5-8,11H,9-10,18H2,1-4H3. The minimum atomic E-state index is -0.650. The average molecular weight is 285 g/mol. The fourth-order valence-electron chi connectivity index (χ4n) is 3.12. The van der Waals surface area contributed by atoms with Crippen LogP contribution in [0.5, 0.6) is 0 Å². The summed E-state index contributed by atoms with van der Waals surface area (Å²) in [5, 5.41) is 4.17. The molecule has 0 saturated heterocycles. The quantitative estimate of drug-likeness (QED) is 0.917. The summed E-state index contributed by atoms with van der Waals surface area (Å²) in [5.74, 6) is 1.47. The van der Waals surface area contributed by atoms with Crippen LogP contribution in [0.4, 0.5) is 0 Å². The summed E-state index contributed by atoms with van der Waals surface area (Å²) in [6.07, 6.45) is 1.83. The molecule has 1 aliphatic carbocycles. The molecule has 0 saturated carbocycles. The highest BCUT2D eigenvalue weighted by atomic mass is 16.5. The van der Waals surface area contributed by atoms with Crippen LogP contribution < -0.4 is 5.73 Å². The highest BCUT2D eigenvalue weighted by Gasteiger charge is 2.44. The maximum atomic E-state index is 6.74. The van der Waals surface area contributed by atoms with E-state index in [2.05, 4.69) is 42.2 Å². The van der Waals surface area contributed by atoms with Gasteiger partial charge in [0.1, 0.15) is 5.54 Å². The Labute approximate surface area is 125 Å². The molecule has 1 aromatic heterocycles. The molecule has 4 heteroatoms. The van der Waals surface area contributed by atoms with Crippen molar-refractivity contribution < 1.29 is 4.52 Å². The van der Waals surface area contributed by atoms with Gasteiger partial charge in [-0.2, -0.15) is 4.98 Å². The molecule has 0 spiro atoms. The van der Waals surface area contributed by atoms with Crippen molar-refractivity contribution in [1.82, 2.24) is 10.1 Å². The molecular formula is C17H23N3O. The molecule has 3 rings (SSSR count). The molecule has 0 fully saturated rings. The number of fused-ring (bicyclic) bond motifs is 1. The molecule has 0 aliphatic heterocycles. The van der Waals surface area contributed by atoms with Gasteiger partial charge in [-0.25, -0.2) is 0 Å². The van der Waals surface area contributed by atoms with Gasteiger partial charge in [0.15, 0.2) is 5.82 Å². The van der Waals surface area contributed by atoms with Crippen molar-refractivity contribution in [3.05, 3.63) is 47.1 Å². The zero-order valence-corrected chi connectivity index (χ0v) is 13.2. The second kappa shape index (κ2) is 4.67. The zero-order chi connectivity index (χ0) is 15.3. The Balaban J connectivity index is 2.13. The third kappa shape index (κ3) is 2.18. The summed E-state index contributed by atoms with van der Waals surface area (Å²) in [5.41, 5.74) is 8.63. The van der Waals surface area contributed by atoms with Gasteiger partial charge in [-0.3, -0.25) is 0 Å². The molecule has 1 aliphatic rings. The predicted molar refractivity (Wildman–Crippen MR) is 82.1 cm³/mol. The van der Waals surface area contributed by atoms with Gasteiger partial charge in [0.25, 0.3) is 0 Å². The largest absolute Gasteiger partial charge is 0.339 e. The van der Waals surface area contributed by atoms with E-state index in [-0.39, 0.29) is 11.3 Å². The van der Waals surface area contributed by atoms with E-state index in [9.17, 15) is 0 Å². The molecule has 1 aromatic carbocycles. The Bertz CT molecular complexity index is 660. The monoisotopic (exact) mass is 285 g/mol. The van der Waals surface area contributed by atoms with E-state index in [0.717, 1.165) is 18.4 Å². The first-order valence-electron chi connectivity index (χ1n) is 7.57. The van der Waals surface area contributed by atoms with Gasteiger partial charge in [0, 0.05) is 5.92 Å². The van der Waals surface area contributed by atoms with Gasteiger partial charge in [0.2, 0.25) is 5.89 Å². The van der Waals surface area contributed by atoms with Crippen LogP contribution in [0.15, 0.2) is 28.8 Å². The number of rotatable bonds is 2. The lowest BCUT2D eigenvalue weighted by atomic mass is 9.65. The van der Waals surface area contributed by atoms with E-state index in [0.29, 0.717) is 11.7 Å². The molecule has 0 radical (unpaired) electrons. The van der Waals surface area contributed by atoms with E-state index in [1.807, 2.05) is 19.9 Å². The Kier molecular flexibility index (Phi) is 3.17. The lowest BCUT2D eigenvalue weighted by Crippen LogP contribution is -2.46. The van der Waals surface area contributed by atoms with E-state index < -0.39 is 5.54 Å². The van der Waals surface area contributed by atoms with Gasteiger partial charge in [0.05, 0.1) is 0 Å². The smallest absolute Gasteiger partial charge is 0.229 e. The molecule has 1 heterocycles. The molecule has 0 bridgehead atoms. The molecule has 112 valence electrons. The summed E-state index contributed by atoms with van der Waals surface area (Å²) in [7, 11) is 0. The van der Waals surface area contributed by atoms with Crippen molar-refractivity contribution in [2.24, 2.45) is 5.73 Å². The van der Waals surface area contributed by atoms with Crippen LogP contribution in [0.1, 0.15) is 69.3 Å². The van der Waals surface area contributed by atoms with Crippen molar-refractivity contribution in [3.8, 4) is 0 Å². The fourth-order valence-corrected chi connectivity index (χ4v) is 3.12. The summed E-state index contributed by atoms with van der Waals surface area (Å²) in [6.45, 7) is 8.61. The van der Waals surface area contributed by atoms with E-state index in [1.165, 1.54) is 5.56 Å². The first kappa shape index (κ1) is 14.3. The lowest BCUT2D eigenvalue weighted by molar-refractivity contribution is 0.309. The first-order valence-corrected chi connectivity index (χ1v) is 7.57. The van der Waals surface area contributed by atoms with E-state index >= 15 is 0 Å². The van der Waals surface area contributed by atoms with Crippen LogP contribution in [-0.2, 0) is 11.0 Å². The third-order valence-electron chi connectivity index (χ3n) is 4.62. The number of hydrogen-bond acceptors (Lipinski definition) is 4. The summed E-state index contributed by atoms with van der Waals surface area (Å²) in [4.78, 5) is 4.55. The highest BCUT2D eigenvalue weighted by molar-refractivity contribution is 5.44. The minimum absolute atomic E-state index is 0.129. The Morgan fingerprint density at radius 2 is 1.81 bits per heavy atom. The molecule has 1 unspecified atom stereocenters. The number of nitrogens with two attached hydrogens (primary N) is 1. The van der Waals surface area contributed by atoms with Crippen LogP contribution in [0.3, 0.4) is 0 Å². The molecule has 2 aromatic rings. The lowest BCUT2D eigenvalue weighted by Gasteiger charge is -2.41. The van der Waals surface area contributed by atoms with Crippen molar-refractivity contribution in [1.29, 1.82) is 0 Å². The van der Waals surface area contributed by atoms with Gasteiger partial charge in [-0.05, 0) is 29.4 Å². The highest BCUT2D eigenvalue weighted by Crippen LogP contribution is 2.45. The first-order chi connectivity index (χ1) is 9.84. The SMILES string of the molecule is CC(C)c1nc(C2(N)CCC(C)(C)c3ccccc32)no1. The summed E-state index contributed by atoms with van der Waals surface area (Å²) < 4.78 is 5.37. The number of aromatic nitrogens is 2. The second-order valence-corrected chi connectivity index (χ2v) is 7.01. The topological polar surface area (TPSA) is 64.9 Å². The average Bonchev–Trinajstić information content (AvgIpc) is 2.94. The molecule has 2 N–H and O–H groups in total. The van der Waals surface area contributed by atoms with E-state index in [1.54, 1.807) is 0 Å². The predicted octanol–water partition coefficient (Wildman–Crippen LogP) is 3.47. The van der Waals surface area contributed by atoms with Gasteiger partial charge in [-0.15, -0.1) is 0 Å². The maximum Gasteiger partial charge on any atom is 0.229 e. The van der Waals surface area contributed by atoms with Crippen molar-refractivity contribution in [3.63, 3.8) is 0 Å². The van der Waals surface area contributed by atoms with Gasteiger partial charge < -0.3 is 10.3 Å². The second-order valence-electron chi connectivity index (χ2n) is 7.01. The van der Waals surface area contributed by atoms with Crippen LogP contribution in [0, 0.1) is 0 Å². The van der Waals surface area contributed by atoms with Crippen molar-refractivity contribution in [2.75, 3.05) is 0 Å². The minimum Gasteiger partial charge on any atom is -0.339 e. The fraction of sp³-hybridized carbons (Fsp3) is 0.529. The van der Waals surface area contributed by atoms with Crippen LogP contribution in [-0.4, -0.2) is 10.1 Å². The molecule has 1 atom stereocenters. The Hall–Kier alpha value is -1.68. The zero-order valence-electron chi connectivity index (χ0n) is 13.2. The summed E-state index contributed by atoms with van der Waals surface area (Å²) >= 11 is 0. The third-order valence-corrected chi connectivity index (χ3v) is 4.62. The number of nitrogens with zero attached hydrogens (tertiary/aromatic N) is 2. The molecule has 0 amide bonds. The van der Waals surface area contributed by atoms with Gasteiger partial charge >= 0.3 is 0 Å². The normalized spacial score (nSPS) is 24.1. The van der Waals surface area contributed by atoms with Gasteiger partial charge in [-0.1, -0.05) is 57.1 Å². The number of hydrogen-bond donors (Lipinski definition) is 1. The summed E-state index contributed by atoms with van der Waals surface area (Å²) in [6, 6.07) is 8.37. The van der Waals surface area contributed by atoms with Crippen molar-refractivity contribution in [2.45, 2.75) is 57.4 Å². The molecule has 21 heavy (non-hydrogen) atoms. The number of benzene rings is 1. The van der Waals surface area contributed by atoms with Crippen molar-refractivity contribution >= 4 is 0 Å². The van der Waals surface area contributed by atoms with E-state index in [4.69, 9.17) is 10.3 Å². The van der Waals surface area contributed by atoms with Crippen LogP contribution in [0.25, 0.3) is 0 Å². The maximum absolute atomic E-state index is 6.74. The van der Waals surface area contributed by atoms with Crippen LogP contribution in [0.2, 0.25) is 0 Å².